The average Bonchev–Trinajstić information content (AvgIpc) is 2.90. The summed E-state index contributed by atoms with van der Waals surface area (Å²) in [7, 11) is 0. The first-order chi connectivity index (χ1) is 9.22. The lowest BCUT2D eigenvalue weighted by Crippen LogP contribution is -2.35. The summed E-state index contributed by atoms with van der Waals surface area (Å²) in [5.41, 5.74) is 2.77. The average molecular weight is 281 g/mol. The molecule has 1 aromatic rings. The topological polar surface area (TPSA) is 49.6 Å². The number of nitrogens with one attached hydrogen (secondary N) is 2. The van der Waals surface area contributed by atoms with Crippen molar-refractivity contribution in [3.8, 4) is 0 Å². The number of nitrogens with zero attached hydrogens (tertiary/aromatic N) is 1. The largest absolute Gasteiger partial charge is 0.463 e. The number of hydrazone groups is 1. The maximum atomic E-state index is 5.14. The molecule has 4 nitrogen and oxygen atoms in total. The highest BCUT2D eigenvalue weighted by Gasteiger charge is 2.02. The van der Waals surface area contributed by atoms with E-state index in [1.165, 1.54) is 25.7 Å². The van der Waals surface area contributed by atoms with Crippen molar-refractivity contribution in [2.24, 2.45) is 11.0 Å². The monoisotopic (exact) mass is 281 g/mol. The second-order valence-corrected chi connectivity index (χ2v) is 5.10. The molecule has 2 N–H and O–H groups in total. The molecule has 0 aliphatic heterocycles. The Kier molecular flexibility index (Phi) is 7.89. The zero-order chi connectivity index (χ0) is 13.9. The Morgan fingerprint density at radius 1 is 1.53 bits per heavy atom. The Bertz CT molecular complexity index is 376. The van der Waals surface area contributed by atoms with E-state index in [0.717, 1.165) is 6.54 Å². The van der Waals surface area contributed by atoms with Crippen molar-refractivity contribution in [3.63, 3.8) is 0 Å². The van der Waals surface area contributed by atoms with Gasteiger partial charge in [-0.05, 0) is 36.7 Å². The molecule has 0 fully saturated rings. The minimum Gasteiger partial charge on any atom is -0.463 e. The normalized spacial score (nSPS) is 12.5. The molecule has 0 bridgehead atoms. The van der Waals surface area contributed by atoms with Crippen LogP contribution in [0.3, 0.4) is 0 Å². The Labute approximate surface area is 120 Å². The molecule has 0 aliphatic rings. The van der Waals surface area contributed by atoms with Gasteiger partial charge in [0.05, 0.1) is 12.5 Å². The van der Waals surface area contributed by atoms with E-state index in [2.05, 4.69) is 29.7 Å². The van der Waals surface area contributed by atoms with Gasteiger partial charge in [-0.25, -0.2) is 0 Å². The van der Waals surface area contributed by atoms with E-state index in [9.17, 15) is 0 Å². The van der Waals surface area contributed by atoms with Gasteiger partial charge in [0.2, 0.25) is 0 Å². The van der Waals surface area contributed by atoms with Gasteiger partial charge in [-0.2, -0.15) is 5.10 Å². The number of furan rings is 1. The van der Waals surface area contributed by atoms with E-state index in [1.807, 2.05) is 12.1 Å². The van der Waals surface area contributed by atoms with Gasteiger partial charge in [-0.15, -0.1) is 0 Å². The lowest BCUT2D eigenvalue weighted by Gasteiger charge is -2.13. The number of hydrogen-bond donors (Lipinski definition) is 2. The van der Waals surface area contributed by atoms with Crippen molar-refractivity contribution in [1.82, 2.24) is 10.7 Å². The fourth-order valence-corrected chi connectivity index (χ4v) is 1.81. The maximum absolute atomic E-state index is 5.14. The molecule has 1 aromatic heterocycles. The van der Waals surface area contributed by atoms with Gasteiger partial charge in [-0.1, -0.05) is 33.1 Å². The molecule has 0 amide bonds. The molecule has 0 aliphatic carbocycles. The molecule has 1 heterocycles. The maximum Gasteiger partial charge on any atom is 0.186 e. The van der Waals surface area contributed by atoms with Crippen LogP contribution in [0.25, 0.3) is 0 Å². The van der Waals surface area contributed by atoms with Gasteiger partial charge in [-0.3, -0.25) is 5.43 Å². The first kappa shape index (κ1) is 15.7. The lowest BCUT2D eigenvalue weighted by molar-refractivity contribution is 0.487. The molecule has 0 unspecified atom stereocenters. The third kappa shape index (κ3) is 7.62. The minimum absolute atomic E-state index is 0.546. The van der Waals surface area contributed by atoms with E-state index >= 15 is 0 Å². The van der Waals surface area contributed by atoms with Crippen molar-refractivity contribution < 1.29 is 4.42 Å². The summed E-state index contributed by atoms with van der Waals surface area (Å²) >= 11 is 5.14. The highest BCUT2D eigenvalue weighted by Crippen LogP contribution is 2.07. The molecule has 1 atom stereocenters. The van der Waals surface area contributed by atoms with Crippen LogP contribution in [0.15, 0.2) is 27.9 Å². The van der Waals surface area contributed by atoms with E-state index in [4.69, 9.17) is 16.6 Å². The van der Waals surface area contributed by atoms with Crippen LogP contribution < -0.4 is 10.7 Å². The zero-order valence-electron chi connectivity index (χ0n) is 11.7. The molecule has 1 rings (SSSR count). The molecule has 5 heteroatoms. The van der Waals surface area contributed by atoms with Crippen LogP contribution in [0.4, 0.5) is 0 Å². The number of hydrogen-bond acceptors (Lipinski definition) is 3. The summed E-state index contributed by atoms with van der Waals surface area (Å²) in [5, 5.41) is 7.71. The van der Waals surface area contributed by atoms with Gasteiger partial charge in [0.15, 0.2) is 5.11 Å². The molecule has 0 aromatic carbocycles. The number of unbranched alkanes of at least 4 members (excludes halogenated alkanes) is 2. The summed E-state index contributed by atoms with van der Waals surface area (Å²) in [5.74, 6) is 1.32. The van der Waals surface area contributed by atoms with Gasteiger partial charge in [0, 0.05) is 6.54 Å². The molecule has 19 heavy (non-hydrogen) atoms. The minimum atomic E-state index is 0.546. The van der Waals surface area contributed by atoms with Crippen molar-refractivity contribution in [2.45, 2.75) is 39.5 Å². The zero-order valence-corrected chi connectivity index (χ0v) is 12.5. The van der Waals surface area contributed by atoms with Gasteiger partial charge in [0.25, 0.3) is 0 Å². The van der Waals surface area contributed by atoms with E-state index in [1.54, 1.807) is 12.5 Å². The summed E-state index contributed by atoms with van der Waals surface area (Å²) in [6.45, 7) is 5.34. The first-order valence-electron chi connectivity index (χ1n) is 6.82. The Hall–Kier alpha value is -1.36. The number of rotatable bonds is 8. The standard InChI is InChI=1S/C14H23N3OS/c1-3-4-5-7-12(2)10-15-14(19)17-16-11-13-8-6-9-18-13/h6,8-9,11-12H,3-5,7,10H2,1-2H3,(H2,15,17,19)/b16-11-/t12-/m1/s1. The third-order valence-electron chi connectivity index (χ3n) is 2.81. The summed E-state index contributed by atoms with van der Waals surface area (Å²) in [6.07, 6.45) is 8.30. The van der Waals surface area contributed by atoms with Crippen LogP contribution in [0.5, 0.6) is 0 Å². The smallest absolute Gasteiger partial charge is 0.186 e. The van der Waals surface area contributed by atoms with E-state index < -0.39 is 0 Å². The van der Waals surface area contributed by atoms with Gasteiger partial charge >= 0.3 is 0 Å². The summed E-state index contributed by atoms with van der Waals surface area (Å²) in [6, 6.07) is 3.65. The summed E-state index contributed by atoms with van der Waals surface area (Å²) in [4.78, 5) is 0. The van der Waals surface area contributed by atoms with Crippen LogP contribution >= 0.6 is 12.2 Å². The second-order valence-electron chi connectivity index (χ2n) is 4.70. The highest BCUT2D eigenvalue weighted by molar-refractivity contribution is 7.80. The molecular formula is C14H23N3OS. The first-order valence-corrected chi connectivity index (χ1v) is 7.23. The third-order valence-corrected chi connectivity index (χ3v) is 3.05. The predicted octanol–water partition coefficient (Wildman–Crippen LogP) is 3.29. The molecule has 0 radical (unpaired) electrons. The van der Waals surface area contributed by atoms with Crippen LogP contribution in [-0.2, 0) is 0 Å². The second kappa shape index (κ2) is 9.55. The van der Waals surface area contributed by atoms with Crippen LogP contribution in [0.2, 0.25) is 0 Å². The van der Waals surface area contributed by atoms with Crippen molar-refractivity contribution >= 4 is 23.5 Å². The van der Waals surface area contributed by atoms with Crippen molar-refractivity contribution in [2.75, 3.05) is 6.54 Å². The molecule has 0 saturated carbocycles. The summed E-state index contributed by atoms with van der Waals surface area (Å²) < 4.78 is 5.12. The van der Waals surface area contributed by atoms with Crippen LogP contribution in [0.1, 0.15) is 45.3 Å². The quantitative estimate of drug-likeness (QED) is 0.332. The molecule has 106 valence electrons. The fourth-order valence-electron chi connectivity index (χ4n) is 1.67. The SMILES string of the molecule is CCCCC[C@@H](C)CNC(=S)N/N=C\c1ccco1. The van der Waals surface area contributed by atoms with E-state index in [-0.39, 0.29) is 0 Å². The Morgan fingerprint density at radius 3 is 3.05 bits per heavy atom. The van der Waals surface area contributed by atoms with Crippen LogP contribution in [-0.4, -0.2) is 17.9 Å². The van der Waals surface area contributed by atoms with Gasteiger partial charge in [0.1, 0.15) is 5.76 Å². The van der Waals surface area contributed by atoms with Crippen molar-refractivity contribution in [1.29, 1.82) is 0 Å². The highest BCUT2D eigenvalue weighted by atomic mass is 32.1. The fraction of sp³-hybridized carbons (Fsp3) is 0.571. The van der Waals surface area contributed by atoms with E-state index in [0.29, 0.717) is 16.8 Å². The molecular weight excluding hydrogens is 258 g/mol. The molecule has 0 spiro atoms. The Morgan fingerprint density at radius 2 is 2.37 bits per heavy atom. The lowest BCUT2D eigenvalue weighted by atomic mass is 10.0. The van der Waals surface area contributed by atoms with Gasteiger partial charge < -0.3 is 9.73 Å². The van der Waals surface area contributed by atoms with Crippen molar-refractivity contribution in [3.05, 3.63) is 24.2 Å². The number of thiocarbonyl (C=S) groups is 1. The predicted molar refractivity (Wildman–Crippen MR) is 83.3 cm³/mol. The Balaban J connectivity index is 2.10. The molecule has 0 saturated heterocycles. The van der Waals surface area contributed by atoms with Crippen LogP contribution in [0, 0.1) is 5.92 Å².